The molecular formula is C26H27F3N6O3. The topological polar surface area (TPSA) is 126 Å². The number of primary amides is 1. The van der Waals surface area contributed by atoms with E-state index >= 15 is 0 Å². The lowest BCUT2D eigenvalue weighted by molar-refractivity contribution is -0.127. The molecule has 38 heavy (non-hydrogen) atoms. The van der Waals surface area contributed by atoms with Crippen molar-refractivity contribution in [3.63, 3.8) is 0 Å². The normalized spacial score (nSPS) is 14.5. The summed E-state index contributed by atoms with van der Waals surface area (Å²) in [6.45, 7) is 4.95. The van der Waals surface area contributed by atoms with Gasteiger partial charge in [0.25, 0.3) is 12.3 Å². The second-order valence-electron chi connectivity index (χ2n) is 8.27. The Bertz CT molecular complexity index is 1400. The van der Waals surface area contributed by atoms with E-state index in [4.69, 9.17) is 10.5 Å². The molecule has 9 nitrogen and oxygen atoms in total. The number of nitrogens with zero attached hydrogens (tertiary/aromatic N) is 3. The highest BCUT2D eigenvalue weighted by atomic mass is 19.3. The fourth-order valence-electron chi connectivity index (χ4n) is 3.97. The molecule has 0 spiro atoms. The van der Waals surface area contributed by atoms with Crippen LogP contribution < -0.4 is 11.1 Å². The van der Waals surface area contributed by atoms with Gasteiger partial charge in [0.1, 0.15) is 17.1 Å². The third-order valence-electron chi connectivity index (χ3n) is 5.81. The van der Waals surface area contributed by atoms with Crippen LogP contribution in [0.3, 0.4) is 0 Å². The Morgan fingerprint density at radius 3 is 2.76 bits per heavy atom. The first-order chi connectivity index (χ1) is 18.2. The largest absolute Gasteiger partial charge is 0.383 e. The van der Waals surface area contributed by atoms with E-state index < -0.39 is 18.1 Å². The number of benzene rings is 1. The minimum absolute atomic E-state index is 0.00850. The van der Waals surface area contributed by atoms with Crippen LogP contribution in [-0.2, 0) is 9.53 Å². The van der Waals surface area contributed by atoms with Gasteiger partial charge in [0.05, 0.1) is 23.7 Å². The van der Waals surface area contributed by atoms with Crippen molar-refractivity contribution in [1.29, 1.82) is 0 Å². The standard InChI is InChI=1S/C17H12F3N5O.C9H15NO2/c1-22-17-14(16(21)26)12(24-25-17)3-2-8-6-13-9(5-11(8)18)4-10(7-23-13)15(19)20;1-3-9(11)10-6-4-5-8(10)7-12-2/h4-7,15H,1H3,(H2,21,26)(H2,22,24,25);3,8H,1,4-7H2,2H3. The van der Waals surface area contributed by atoms with E-state index in [0.717, 1.165) is 31.6 Å². The molecule has 0 radical (unpaired) electrons. The minimum Gasteiger partial charge on any atom is -0.383 e. The third kappa shape index (κ3) is 6.49. The van der Waals surface area contributed by atoms with Gasteiger partial charge < -0.3 is 20.7 Å². The maximum absolute atomic E-state index is 14.2. The van der Waals surface area contributed by atoms with E-state index in [1.54, 1.807) is 14.2 Å². The van der Waals surface area contributed by atoms with Crippen molar-refractivity contribution in [1.82, 2.24) is 20.1 Å². The lowest BCUT2D eigenvalue weighted by atomic mass is 10.1. The number of rotatable bonds is 6. The van der Waals surface area contributed by atoms with Gasteiger partial charge in [-0.2, -0.15) is 5.10 Å². The number of methoxy groups -OCH3 is 1. The number of halogens is 3. The van der Waals surface area contributed by atoms with Crippen LogP contribution in [0, 0.1) is 17.7 Å². The third-order valence-corrected chi connectivity index (χ3v) is 5.81. The molecule has 1 unspecified atom stereocenters. The molecular weight excluding hydrogens is 501 g/mol. The molecule has 1 aliphatic rings. The summed E-state index contributed by atoms with van der Waals surface area (Å²) < 4.78 is 44.7. The maximum atomic E-state index is 14.2. The first-order valence-corrected chi connectivity index (χ1v) is 11.6. The van der Waals surface area contributed by atoms with Crippen molar-refractivity contribution < 1.29 is 27.5 Å². The van der Waals surface area contributed by atoms with Gasteiger partial charge in [0, 0.05) is 37.8 Å². The highest BCUT2D eigenvalue weighted by molar-refractivity contribution is 5.99. The van der Waals surface area contributed by atoms with Crippen molar-refractivity contribution in [2.75, 3.05) is 32.6 Å². The number of carbonyl (C=O) groups is 2. The zero-order valence-corrected chi connectivity index (χ0v) is 20.9. The minimum atomic E-state index is -2.69. The van der Waals surface area contributed by atoms with Crippen molar-refractivity contribution in [2.45, 2.75) is 25.3 Å². The predicted octanol–water partition coefficient (Wildman–Crippen LogP) is 3.38. The highest BCUT2D eigenvalue weighted by Gasteiger charge is 2.26. The number of fused-ring (bicyclic) bond motifs is 1. The molecule has 1 aliphatic heterocycles. The number of carbonyl (C=O) groups excluding carboxylic acids is 2. The number of likely N-dealkylation sites (tertiary alicyclic amines) is 1. The van der Waals surface area contributed by atoms with Crippen LogP contribution in [-0.4, -0.2) is 65.2 Å². The molecule has 4 rings (SSSR count). The second kappa shape index (κ2) is 12.7. The van der Waals surface area contributed by atoms with E-state index in [-0.39, 0.29) is 45.5 Å². The Labute approximate surface area is 217 Å². The van der Waals surface area contributed by atoms with Crippen LogP contribution in [0.25, 0.3) is 10.9 Å². The summed E-state index contributed by atoms with van der Waals surface area (Å²) >= 11 is 0. The fourth-order valence-corrected chi connectivity index (χ4v) is 3.97. The van der Waals surface area contributed by atoms with Crippen molar-refractivity contribution >= 4 is 28.5 Å². The average Bonchev–Trinajstić information content (AvgIpc) is 3.54. The van der Waals surface area contributed by atoms with Gasteiger partial charge in [-0.05, 0) is 43.0 Å². The van der Waals surface area contributed by atoms with Crippen LogP contribution in [0.5, 0.6) is 0 Å². The molecule has 4 N–H and O–H groups in total. The smallest absolute Gasteiger partial charge is 0.265 e. The number of aromatic amines is 1. The van der Waals surface area contributed by atoms with Gasteiger partial charge in [-0.1, -0.05) is 12.5 Å². The summed E-state index contributed by atoms with van der Waals surface area (Å²) in [7, 11) is 3.22. The Morgan fingerprint density at radius 2 is 2.13 bits per heavy atom. The molecule has 200 valence electrons. The second-order valence-corrected chi connectivity index (χ2v) is 8.27. The predicted molar refractivity (Wildman–Crippen MR) is 136 cm³/mol. The summed E-state index contributed by atoms with van der Waals surface area (Å²) in [5.41, 5.74) is 5.49. The monoisotopic (exact) mass is 528 g/mol. The zero-order chi connectivity index (χ0) is 27.8. The van der Waals surface area contributed by atoms with Gasteiger partial charge >= 0.3 is 0 Å². The van der Waals surface area contributed by atoms with Crippen molar-refractivity contribution in [3.8, 4) is 11.8 Å². The van der Waals surface area contributed by atoms with Gasteiger partial charge in [0.15, 0.2) is 5.82 Å². The molecule has 3 aromatic rings. The number of anilines is 1. The number of hydrogen-bond acceptors (Lipinski definition) is 6. The number of amides is 2. The number of pyridine rings is 1. The molecule has 1 fully saturated rings. The van der Waals surface area contributed by atoms with Crippen molar-refractivity contribution in [2.24, 2.45) is 5.73 Å². The van der Waals surface area contributed by atoms with Crippen LogP contribution in [0.2, 0.25) is 0 Å². The molecule has 2 amide bonds. The summed E-state index contributed by atoms with van der Waals surface area (Å²) in [5, 5.41) is 9.32. The molecule has 1 saturated heterocycles. The molecule has 2 aromatic heterocycles. The zero-order valence-electron chi connectivity index (χ0n) is 20.9. The molecule has 0 aliphatic carbocycles. The van der Waals surface area contributed by atoms with E-state index in [2.05, 4.69) is 38.9 Å². The Morgan fingerprint density at radius 1 is 1.37 bits per heavy atom. The Hall–Kier alpha value is -4.37. The van der Waals surface area contributed by atoms with Gasteiger partial charge in [-0.3, -0.25) is 19.7 Å². The summed E-state index contributed by atoms with van der Waals surface area (Å²) in [6, 6.07) is 3.86. The van der Waals surface area contributed by atoms with E-state index in [1.807, 2.05) is 4.90 Å². The van der Waals surface area contributed by atoms with Crippen LogP contribution in [0.1, 0.15) is 46.4 Å². The Balaban J connectivity index is 0.000000279. The first kappa shape index (κ1) is 28.2. The number of H-pyrrole nitrogens is 1. The van der Waals surface area contributed by atoms with Gasteiger partial charge in [-0.25, -0.2) is 13.2 Å². The lowest BCUT2D eigenvalue weighted by Gasteiger charge is -2.22. The number of nitrogens with two attached hydrogens (primary N) is 1. The van der Waals surface area contributed by atoms with E-state index in [1.165, 1.54) is 18.2 Å². The fraction of sp³-hybridized carbons (Fsp3) is 0.308. The SMILES string of the molecule is C=CC(=O)N1CCCC1COC.CNc1n[nH]c(C#Cc2cc3ncc(C(F)F)cc3cc2F)c1C(N)=O. The number of nitrogens with one attached hydrogen (secondary N) is 2. The molecule has 3 heterocycles. The molecule has 0 bridgehead atoms. The number of alkyl halides is 2. The quantitative estimate of drug-likeness (QED) is 0.333. The molecule has 1 aromatic carbocycles. The van der Waals surface area contributed by atoms with Crippen LogP contribution in [0.15, 0.2) is 37.1 Å². The van der Waals surface area contributed by atoms with Crippen LogP contribution >= 0.6 is 0 Å². The summed E-state index contributed by atoms with van der Waals surface area (Å²) in [6.07, 6.45) is 1.83. The average molecular weight is 529 g/mol. The summed E-state index contributed by atoms with van der Waals surface area (Å²) in [4.78, 5) is 28.5. The molecule has 0 saturated carbocycles. The van der Waals surface area contributed by atoms with Crippen molar-refractivity contribution in [3.05, 3.63) is 65.3 Å². The van der Waals surface area contributed by atoms with Crippen LogP contribution in [0.4, 0.5) is 19.0 Å². The number of ether oxygens (including phenoxy) is 1. The first-order valence-electron chi connectivity index (χ1n) is 11.6. The summed E-state index contributed by atoms with van der Waals surface area (Å²) in [5.74, 6) is 3.98. The van der Waals surface area contributed by atoms with Gasteiger partial charge in [0.2, 0.25) is 5.91 Å². The molecule has 12 heteroatoms. The van der Waals surface area contributed by atoms with E-state index in [0.29, 0.717) is 12.1 Å². The lowest BCUT2D eigenvalue weighted by Crippen LogP contribution is -2.36. The highest BCUT2D eigenvalue weighted by Crippen LogP contribution is 2.24. The van der Waals surface area contributed by atoms with E-state index in [9.17, 15) is 22.8 Å². The maximum Gasteiger partial charge on any atom is 0.265 e. The molecule has 1 atom stereocenters. The number of hydrogen-bond donors (Lipinski definition) is 3. The van der Waals surface area contributed by atoms with Gasteiger partial charge in [-0.15, -0.1) is 0 Å². The number of aromatic nitrogens is 3. The Kier molecular flexibility index (Phi) is 9.45.